The van der Waals surface area contributed by atoms with Gasteiger partial charge in [-0.05, 0) is 55.5 Å². The van der Waals surface area contributed by atoms with Gasteiger partial charge in [0.1, 0.15) is 6.04 Å². The number of carbonyl (C=O) groups is 2. The summed E-state index contributed by atoms with van der Waals surface area (Å²) in [6.45, 7) is 4.12. The van der Waals surface area contributed by atoms with E-state index < -0.39 is 6.04 Å². The molecule has 1 aromatic carbocycles. The summed E-state index contributed by atoms with van der Waals surface area (Å²) in [5.41, 5.74) is 2.89. The van der Waals surface area contributed by atoms with Gasteiger partial charge in [0.05, 0.1) is 6.61 Å². The Labute approximate surface area is 161 Å². The summed E-state index contributed by atoms with van der Waals surface area (Å²) in [6.07, 6.45) is 7.82. The van der Waals surface area contributed by atoms with Crippen LogP contribution in [0, 0.1) is 0 Å². The van der Waals surface area contributed by atoms with Crippen molar-refractivity contribution in [3.05, 3.63) is 65.5 Å². The number of nitrogens with zero attached hydrogens (tertiary/aromatic N) is 1. The Kier molecular flexibility index (Phi) is 8.49. The Balaban J connectivity index is 1.93. The van der Waals surface area contributed by atoms with Crippen LogP contribution in [0.4, 0.5) is 0 Å². The standard InChI is InChI=1S/C22H28N2O3/c1-3-5-8-20(22(26)27-4-2)24-21(25)19-13-11-17(12-14-19)9-10-18-7-6-15-23-16-18/h6-7,11-16,20H,3-5,8-10H2,1-2H3,(H,24,25)/t20-/m0/s1. The quantitative estimate of drug-likeness (QED) is 0.649. The van der Waals surface area contributed by atoms with Gasteiger partial charge in [0.2, 0.25) is 0 Å². The minimum absolute atomic E-state index is 0.247. The van der Waals surface area contributed by atoms with Gasteiger partial charge in [-0.25, -0.2) is 4.79 Å². The molecule has 2 aromatic rings. The third-order valence-electron chi connectivity index (χ3n) is 4.36. The molecular weight excluding hydrogens is 340 g/mol. The molecule has 0 radical (unpaired) electrons. The number of benzene rings is 1. The number of aromatic nitrogens is 1. The number of pyridine rings is 1. The topological polar surface area (TPSA) is 68.3 Å². The van der Waals surface area contributed by atoms with E-state index in [0.29, 0.717) is 18.6 Å². The summed E-state index contributed by atoms with van der Waals surface area (Å²) in [5.74, 6) is -0.615. The van der Waals surface area contributed by atoms with Crippen molar-refractivity contribution in [3.8, 4) is 0 Å². The monoisotopic (exact) mass is 368 g/mol. The van der Waals surface area contributed by atoms with Crippen LogP contribution >= 0.6 is 0 Å². The Morgan fingerprint density at radius 1 is 1.07 bits per heavy atom. The molecule has 1 amide bonds. The molecule has 2 rings (SSSR count). The number of carbonyl (C=O) groups excluding carboxylic acids is 2. The van der Waals surface area contributed by atoms with Crippen molar-refractivity contribution in [3.63, 3.8) is 0 Å². The minimum atomic E-state index is -0.595. The van der Waals surface area contributed by atoms with Gasteiger partial charge in [0, 0.05) is 18.0 Å². The predicted octanol–water partition coefficient (Wildman–Crippen LogP) is 3.72. The lowest BCUT2D eigenvalue weighted by Gasteiger charge is -2.17. The second kappa shape index (κ2) is 11.1. The van der Waals surface area contributed by atoms with E-state index in [1.54, 1.807) is 25.3 Å². The van der Waals surface area contributed by atoms with Gasteiger partial charge in [0.25, 0.3) is 5.91 Å². The molecule has 0 unspecified atom stereocenters. The molecule has 27 heavy (non-hydrogen) atoms. The van der Waals surface area contributed by atoms with Crippen LogP contribution in [-0.4, -0.2) is 29.5 Å². The number of unbranched alkanes of at least 4 members (excludes halogenated alkanes) is 1. The van der Waals surface area contributed by atoms with Gasteiger partial charge in [-0.2, -0.15) is 0 Å². The van der Waals surface area contributed by atoms with E-state index in [1.807, 2.05) is 31.3 Å². The highest BCUT2D eigenvalue weighted by Gasteiger charge is 2.22. The molecule has 0 aliphatic rings. The van der Waals surface area contributed by atoms with E-state index in [0.717, 1.165) is 31.2 Å². The number of aryl methyl sites for hydroxylation is 2. The molecule has 0 bridgehead atoms. The first kappa shape index (κ1) is 20.6. The van der Waals surface area contributed by atoms with Gasteiger partial charge >= 0.3 is 5.97 Å². The van der Waals surface area contributed by atoms with Crippen LogP contribution in [0.25, 0.3) is 0 Å². The average molecular weight is 368 g/mol. The molecule has 0 aliphatic heterocycles. The van der Waals surface area contributed by atoms with E-state index in [-0.39, 0.29) is 11.9 Å². The van der Waals surface area contributed by atoms with Crippen LogP contribution in [0.1, 0.15) is 54.6 Å². The maximum atomic E-state index is 12.5. The Morgan fingerprint density at radius 3 is 2.44 bits per heavy atom. The molecular formula is C22H28N2O3. The second-order valence-electron chi connectivity index (χ2n) is 6.48. The summed E-state index contributed by atoms with van der Waals surface area (Å²) < 4.78 is 5.07. The van der Waals surface area contributed by atoms with E-state index in [1.165, 1.54) is 5.56 Å². The molecule has 0 aliphatic carbocycles. The van der Waals surface area contributed by atoms with Crippen molar-refractivity contribution in [1.29, 1.82) is 0 Å². The van der Waals surface area contributed by atoms with Gasteiger partial charge < -0.3 is 10.1 Å². The Hall–Kier alpha value is -2.69. The van der Waals surface area contributed by atoms with Crippen LogP contribution in [-0.2, 0) is 22.4 Å². The Bertz CT molecular complexity index is 714. The number of nitrogens with one attached hydrogen (secondary N) is 1. The summed E-state index contributed by atoms with van der Waals surface area (Å²) in [6, 6.07) is 10.9. The molecule has 0 fully saturated rings. The maximum absolute atomic E-state index is 12.5. The average Bonchev–Trinajstić information content (AvgIpc) is 2.70. The molecule has 0 saturated heterocycles. The van der Waals surface area contributed by atoms with Crippen molar-refractivity contribution < 1.29 is 14.3 Å². The molecule has 144 valence electrons. The van der Waals surface area contributed by atoms with Crippen molar-refractivity contribution >= 4 is 11.9 Å². The first-order valence-electron chi connectivity index (χ1n) is 9.59. The van der Waals surface area contributed by atoms with E-state index >= 15 is 0 Å². The first-order valence-corrected chi connectivity index (χ1v) is 9.59. The highest BCUT2D eigenvalue weighted by Crippen LogP contribution is 2.10. The fraction of sp³-hybridized carbons (Fsp3) is 0.409. The molecule has 0 spiro atoms. The fourth-order valence-corrected chi connectivity index (χ4v) is 2.80. The minimum Gasteiger partial charge on any atom is -0.464 e. The third kappa shape index (κ3) is 6.85. The summed E-state index contributed by atoms with van der Waals surface area (Å²) in [5, 5.41) is 2.81. The lowest BCUT2D eigenvalue weighted by atomic mass is 10.0. The van der Waals surface area contributed by atoms with E-state index in [9.17, 15) is 9.59 Å². The molecule has 1 aromatic heterocycles. The molecule has 1 N–H and O–H groups in total. The first-order chi connectivity index (χ1) is 13.1. The molecule has 1 atom stereocenters. The fourth-order valence-electron chi connectivity index (χ4n) is 2.80. The van der Waals surface area contributed by atoms with Gasteiger partial charge in [-0.15, -0.1) is 0 Å². The van der Waals surface area contributed by atoms with Crippen molar-refractivity contribution in [2.45, 2.75) is 52.0 Å². The van der Waals surface area contributed by atoms with Crippen LogP contribution in [0.2, 0.25) is 0 Å². The highest BCUT2D eigenvalue weighted by molar-refractivity contribution is 5.96. The number of hydrogen-bond acceptors (Lipinski definition) is 4. The summed E-state index contributed by atoms with van der Waals surface area (Å²) in [7, 11) is 0. The lowest BCUT2D eigenvalue weighted by molar-refractivity contribution is -0.145. The van der Waals surface area contributed by atoms with Crippen molar-refractivity contribution in [1.82, 2.24) is 10.3 Å². The summed E-state index contributed by atoms with van der Waals surface area (Å²) >= 11 is 0. The van der Waals surface area contributed by atoms with E-state index in [4.69, 9.17) is 4.74 Å². The maximum Gasteiger partial charge on any atom is 0.328 e. The second-order valence-corrected chi connectivity index (χ2v) is 6.48. The van der Waals surface area contributed by atoms with Gasteiger partial charge in [-0.1, -0.05) is 38.0 Å². The zero-order chi connectivity index (χ0) is 19.5. The number of ether oxygens (including phenoxy) is 1. The van der Waals surface area contributed by atoms with Crippen molar-refractivity contribution in [2.24, 2.45) is 0 Å². The number of hydrogen-bond donors (Lipinski definition) is 1. The molecule has 5 heteroatoms. The van der Waals surface area contributed by atoms with Crippen LogP contribution < -0.4 is 5.32 Å². The van der Waals surface area contributed by atoms with Gasteiger partial charge in [-0.3, -0.25) is 9.78 Å². The van der Waals surface area contributed by atoms with Crippen molar-refractivity contribution in [2.75, 3.05) is 6.61 Å². The smallest absolute Gasteiger partial charge is 0.328 e. The van der Waals surface area contributed by atoms with Crippen LogP contribution in [0.5, 0.6) is 0 Å². The van der Waals surface area contributed by atoms with Crippen LogP contribution in [0.15, 0.2) is 48.8 Å². The molecule has 1 heterocycles. The number of amides is 1. The highest BCUT2D eigenvalue weighted by atomic mass is 16.5. The number of rotatable bonds is 10. The Morgan fingerprint density at radius 2 is 1.81 bits per heavy atom. The third-order valence-corrected chi connectivity index (χ3v) is 4.36. The number of esters is 1. The van der Waals surface area contributed by atoms with E-state index in [2.05, 4.69) is 16.4 Å². The molecule has 5 nitrogen and oxygen atoms in total. The van der Waals surface area contributed by atoms with Crippen LogP contribution in [0.3, 0.4) is 0 Å². The molecule has 0 saturated carbocycles. The SMILES string of the molecule is CCCC[C@H](NC(=O)c1ccc(CCc2cccnc2)cc1)C(=O)OCC. The summed E-state index contributed by atoms with van der Waals surface area (Å²) in [4.78, 5) is 28.7. The predicted molar refractivity (Wildman–Crippen MR) is 105 cm³/mol. The normalized spacial score (nSPS) is 11.6. The zero-order valence-electron chi connectivity index (χ0n) is 16.1. The zero-order valence-corrected chi connectivity index (χ0v) is 16.1. The van der Waals surface area contributed by atoms with Gasteiger partial charge in [0.15, 0.2) is 0 Å². The largest absolute Gasteiger partial charge is 0.464 e. The lowest BCUT2D eigenvalue weighted by Crippen LogP contribution is -2.41.